The Morgan fingerprint density at radius 3 is 1.06 bits per heavy atom. The highest BCUT2D eigenvalue weighted by Crippen LogP contribution is 2.25. The summed E-state index contributed by atoms with van der Waals surface area (Å²) in [5.41, 5.74) is -0.116. The van der Waals surface area contributed by atoms with Crippen LogP contribution >= 0.6 is 0 Å². The summed E-state index contributed by atoms with van der Waals surface area (Å²) in [5.74, 6) is 0. The van der Waals surface area contributed by atoms with Crippen molar-refractivity contribution in [1.29, 1.82) is 0 Å². The Hall–Kier alpha value is 0.154. The molecule has 0 rings (SSSR count). The van der Waals surface area contributed by atoms with E-state index in [1.54, 1.807) is 0 Å². The fourth-order valence-corrected chi connectivity index (χ4v) is 9.80. The molecule has 0 fully saturated rings. The first-order valence-corrected chi connectivity index (χ1v) is 17.0. The highest BCUT2D eigenvalue weighted by Gasteiger charge is 2.44. The first kappa shape index (κ1) is 31.2. The second-order valence-corrected chi connectivity index (χ2v) is 14.4. The monoisotopic (exact) mass is 481 g/mol. The summed E-state index contributed by atoms with van der Waals surface area (Å²) in [5, 5.41) is 0. The Morgan fingerprint density at radius 2 is 0.871 bits per heavy atom. The van der Waals surface area contributed by atoms with Crippen LogP contribution < -0.4 is 0 Å². The third kappa shape index (κ3) is 9.50. The molecule has 188 valence electrons. The van der Waals surface area contributed by atoms with Crippen molar-refractivity contribution in [3.63, 3.8) is 0 Å². The lowest BCUT2D eigenvalue weighted by Crippen LogP contribution is -2.57. The van der Waals surface area contributed by atoms with Crippen molar-refractivity contribution in [3.8, 4) is 0 Å². The van der Waals surface area contributed by atoms with Gasteiger partial charge in [0.15, 0.2) is 0 Å². The van der Waals surface area contributed by atoms with E-state index in [9.17, 15) is 0 Å². The normalized spacial score (nSPS) is 17.0. The summed E-state index contributed by atoms with van der Waals surface area (Å²) in [4.78, 5) is 2.23. The molecule has 0 aromatic rings. The first-order valence-electron chi connectivity index (χ1n) is 12.2. The lowest BCUT2D eigenvalue weighted by molar-refractivity contribution is -0.162. The molecule has 4 atom stereocenters. The molecular formula is C22H51NO6Si2. The minimum atomic E-state index is -2.45. The Labute approximate surface area is 194 Å². The van der Waals surface area contributed by atoms with Gasteiger partial charge in [0.25, 0.3) is 0 Å². The molecule has 0 aliphatic carbocycles. The Bertz CT molecular complexity index is 410. The zero-order chi connectivity index (χ0) is 24.1. The van der Waals surface area contributed by atoms with Crippen molar-refractivity contribution in [3.05, 3.63) is 0 Å². The zero-order valence-electron chi connectivity index (χ0n) is 22.2. The predicted molar refractivity (Wildman–Crippen MR) is 131 cm³/mol. The fraction of sp³-hybridized carbons (Fsp3) is 1.00. The molecule has 0 aliphatic heterocycles. The summed E-state index contributed by atoms with van der Waals surface area (Å²) in [6.07, 6.45) is 1.42. The molecule has 0 saturated carbocycles. The van der Waals surface area contributed by atoms with Gasteiger partial charge < -0.3 is 27.2 Å². The lowest BCUT2D eigenvalue weighted by atomic mass is 10.4. The molecule has 0 amide bonds. The molecule has 0 spiro atoms. The Kier molecular flexibility index (Phi) is 16.0. The molecule has 0 aromatic carbocycles. The summed E-state index contributed by atoms with van der Waals surface area (Å²) in [6.45, 7) is 26.1. The third-order valence-corrected chi connectivity index (χ3v) is 12.5. The average molecular weight is 482 g/mol. The number of ether oxygens (including phenoxy) is 2. The van der Waals surface area contributed by atoms with Gasteiger partial charge in [-0.05, 0) is 67.5 Å². The van der Waals surface area contributed by atoms with Gasteiger partial charge in [-0.2, -0.15) is 0 Å². The quantitative estimate of drug-likeness (QED) is 0.191. The van der Waals surface area contributed by atoms with Crippen molar-refractivity contribution in [2.24, 2.45) is 0 Å². The molecule has 0 heterocycles. The van der Waals surface area contributed by atoms with E-state index in [1.807, 2.05) is 27.7 Å². The van der Waals surface area contributed by atoms with Crippen LogP contribution in [0.1, 0.15) is 75.2 Å². The number of hydrogen-bond donors (Lipinski definition) is 0. The Balaban J connectivity index is 5.41. The average Bonchev–Trinajstić information content (AvgIpc) is 2.71. The van der Waals surface area contributed by atoms with Crippen LogP contribution in [-0.4, -0.2) is 78.9 Å². The van der Waals surface area contributed by atoms with E-state index in [0.29, 0.717) is 26.4 Å². The van der Waals surface area contributed by atoms with Crippen molar-refractivity contribution >= 4 is 17.1 Å². The van der Waals surface area contributed by atoms with Crippen molar-refractivity contribution in [1.82, 2.24) is 4.90 Å². The fourth-order valence-electron chi connectivity index (χ4n) is 4.22. The standard InChI is InChI=1S/C22H51NO6Si2/c1-12-21(30(10,24-15-4)25-16-5)28-19(8)23(14-3)20(9)29-22(13-2)31(11,26-17-6)27-18-7/h19-22H,12-18H2,1-11H3. The van der Waals surface area contributed by atoms with Crippen LogP contribution in [0.25, 0.3) is 0 Å². The molecule has 4 unspecified atom stereocenters. The Morgan fingerprint density at radius 1 is 0.581 bits per heavy atom. The summed E-state index contributed by atoms with van der Waals surface area (Å²) >= 11 is 0. The van der Waals surface area contributed by atoms with Gasteiger partial charge >= 0.3 is 17.1 Å². The highest BCUT2D eigenvalue weighted by atomic mass is 28.4. The van der Waals surface area contributed by atoms with Crippen molar-refractivity contribution in [2.45, 2.75) is 112 Å². The van der Waals surface area contributed by atoms with Crippen LogP contribution in [-0.2, 0) is 27.2 Å². The topological polar surface area (TPSA) is 58.6 Å². The molecule has 31 heavy (non-hydrogen) atoms. The third-order valence-electron chi connectivity index (χ3n) is 5.66. The van der Waals surface area contributed by atoms with Gasteiger partial charge in [0.05, 0.1) is 0 Å². The van der Waals surface area contributed by atoms with Crippen LogP contribution in [0.15, 0.2) is 0 Å². The highest BCUT2D eigenvalue weighted by molar-refractivity contribution is 6.67. The predicted octanol–water partition coefficient (Wildman–Crippen LogP) is 4.96. The van der Waals surface area contributed by atoms with Gasteiger partial charge in [-0.1, -0.05) is 20.8 Å². The maximum Gasteiger partial charge on any atom is 0.364 e. The second-order valence-electron chi connectivity index (χ2n) is 7.86. The van der Waals surface area contributed by atoms with Gasteiger partial charge in [0.2, 0.25) is 0 Å². The number of hydrogen-bond acceptors (Lipinski definition) is 7. The lowest BCUT2D eigenvalue weighted by Gasteiger charge is -2.41. The molecule has 7 nitrogen and oxygen atoms in total. The van der Waals surface area contributed by atoms with Gasteiger partial charge in [0.1, 0.15) is 23.9 Å². The molecule has 0 saturated heterocycles. The largest absolute Gasteiger partial charge is 0.393 e. The molecule has 0 aliphatic rings. The van der Waals surface area contributed by atoms with E-state index in [2.05, 4.69) is 52.6 Å². The van der Waals surface area contributed by atoms with Gasteiger partial charge in [0, 0.05) is 33.0 Å². The van der Waals surface area contributed by atoms with E-state index < -0.39 is 17.1 Å². The SMILES string of the molecule is CCO[Si](C)(OCC)C(CC)OC(C)N(CC)C(C)OC(CC)[Si](C)(OCC)OCC. The van der Waals surface area contributed by atoms with E-state index >= 15 is 0 Å². The molecular weight excluding hydrogens is 430 g/mol. The maximum absolute atomic E-state index is 6.55. The minimum Gasteiger partial charge on any atom is -0.393 e. The maximum atomic E-state index is 6.55. The van der Waals surface area contributed by atoms with Crippen molar-refractivity contribution in [2.75, 3.05) is 33.0 Å². The summed E-state index contributed by atoms with van der Waals surface area (Å²) < 4.78 is 37.5. The van der Waals surface area contributed by atoms with E-state index in [-0.39, 0.29) is 23.9 Å². The van der Waals surface area contributed by atoms with E-state index in [0.717, 1.165) is 19.4 Å². The van der Waals surface area contributed by atoms with E-state index in [4.69, 9.17) is 27.2 Å². The van der Waals surface area contributed by atoms with Crippen LogP contribution in [0.4, 0.5) is 0 Å². The first-order chi connectivity index (χ1) is 14.6. The van der Waals surface area contributed by atoms with Crippen LogP contribution in [0.3, 0.4) is 0 Å². The number of nitrogens with zero attached hydrogens (tertiary/aromatic N) is 1. The number of rotatable bonds is 19. The van der Waals surface area contributed by atoms with Crippen LogP contribution in [0, 0.1) is 0 Å². The smallest absolute Gasteiger partial charge is 0.364 e. The molecule has 0 aromatic heterocycles. The van der Waals surface area contributed by atoms with Crippen molar-refractivity contribution < 1.29 is 27.2 Å². The summed E-state index contributed by atoms with van der Waals surface area (Å²) in [7, 11) is -4.90. The van der Waals surface area contributed by atoms with Gasteiger partial charge in [-0.3, -0.25) is 4.90 Å². The van der Waals surface area contributed by atoms with Gasteiger partial charge in [-0.25, -0.2) is 0 Å². The minimum absolute atomic E-state index is 0.0582. The molecule has 0 bridgehead atoms. The molecule has 9 heteroatoms. The van der Waals surface area contributed by atoms with E-state index in [1.165, 1.54) is 0 Å². The summed E-state index contributed by atoms with van der Waals surface area (Å²) in [6, 6.07) is 0. The molecule has 0 radical (unpaired) electrons. The second kappa shape index (κ2) is 15.9. The van der Waals surface area contributed by atoms with Crippen LogP contribution in [0.2, 0.25) is 13.1 Å². The zero-order valence-corrected chi connectivity index (χ0v) is 24.2. The molecule has 0 N–H and O–H groups in total. The van der Waals surface area contributed by atoms with Gasteiger partial charge in [-0.15, -0.1) is 0 Å². The van der Waals surface area contributed by atoms with Crippen LogP contribution in [0.5, 0.6) is 0 Å².